The largest absolute Gasteiger partial charge is 0.383 e. The molecular formula is C18H18ClN5O. The van der Waals surface area contributed by atoms with Crippen molar-refractivity contribution in [1.29, 1.82) is 5.26 Å². The number of halogens is 1. The second-order valence-corrected chi connectivity index (χ2v) is 6.15. The molecule has 2 heterocycles. The van der Waals surface area contributed by atoms with Crippen LogP contribution in [0, 0.1) is 25.2 Å². The molecule has 0 aliphatic heterocycles. The van der Waals surface area contributed by atoms with E-state index in [1.807, 2.05) is 24.6 Å². The molecule has 0 amide bonds. The lowest BCUT2D eigenvalue weighted by molar-refractivity contribution is 0.182. The van der Waals surface area contributed by atoms with E-state index in [0.29, 0.717) is 35.1 Å². The lowest BCUT2D eigenvalue weighted by Gasteiger charge is -2.09. The standard InChI is InChI=1S/C18H18ClN5O/c1-11-18(12(2)24(23-11)6-7-25-3)22-17-8-13(10-20)15-9-14(19)4-5-16(15)21-17/h4-5,8-9H,6-7H2,1-3H3,(H,21,22). The number of benzene rings is 1. The molecule has 1 N–H and O–H groups in total. The minimum atomic E-state index is 0.525. The van der Waals surface area contributed by atoms with Crippen LogP contribution in [-0.4, -0.2) is 28.5 Å². The van der Waals surface area contributed by atoms with E-state index in [9.17, 15) is 5.26 Å². The summed E-state index contributed by atoms with van der Waals surface area (Å²) in [6, 6.07) is 9.27. The van der Waals surface area contributed by atoms with E-state index in [2.05, 4.69) is 21.5 Å². The maximum absolute atomic E-state index is 9.45. The Hall–Kier alpha value is -2.62. The maximum Gasteiger partial charge on any atom is 0.132 e. The quantitative estimate of drug-likeness (QED) is 0.749. The lowest BCUT2D eigenvalue weighted by atomic mass is 10.1. The molecule has 1 aromatic carbocycles. The summed E-state index contributed by atoms with van der Waals surface area (Å²) in [7, 11) is 1.67. The maximum atomic E-state index is 9.45. The molecule has 128 valence electrons. The molecule has 0 spiro atoms. The Balaban J connectivity index is 2.00. The van der Waals surface area contributed by atoms with E-state index < -0.39 is 0 Å². The summed E-state index contributed by atoms with van der Waals surface area (Å²) < 4.78 is 7.01. The van der Waals surface area contributed by atoms with Crippen LogP contribution in [0.15, 0.2) is 24.3 Å². The van der Waals surface area contributed by atoms with Gasteiger partial charge < -0.3 is 10.1 Å². The monoisotopic (exact) mass is 355 g/mol. The average molecular weight is 356 g/mol. The molecule has 0 saturated heterocycles. The van der Waals surface area contributed by atoms with Crippen molar-refractivity contribution >= 4 is 34.0 Å². The van der Waals surface area contributed by atoms with Crippen LogP contribution in [0.25, 0.3) is 10.9 Å². The smallest absolute Gasteiger partial charge is 0.132 e. The Morgan fingerprint density at radius 3 is 2.84 bits per heavy atom. The Morgan fingerprint density at radius 1 is 1.32 bits per heavy atom. The van der Waals surface area contributed by atoms with E-state index in [0.717, 1.165) is 22.5 Å². The number of rotatable bonds is 5. The molecule has 0 fully saturated rings. The van der Waals surface area contributed by atoms with Crippen molar-refractivity contribution in [2.45, 2.75) is 20.4 Å². The van der Waals surface area contributed by atoms with Crippen molar-refractivity contribution < 1.29 is 4.74 Å². The first-order valence-corrected chi connectivity index (χ1v) is 8.21. The number of nitrogens with one attached hydrogen (secondary N) is 1. The molecule has 0 aliphatic rings. The summed E-state index contributed by atoms with van der Waals surface area (Å²) in [5.41, 5.74) is 3.99. The van der Waals surface area contributed by atoms with Gasteiger partial charge in [-0.15, -0.1) is 0 Å². The summed E-state index contributed by atoms with van der Waals surface area (Å²) in [6.45, 7) is 5.20. The van der Waals surface area contributed by atoms with E-state index in [-0.39, 0.29) is 0 Å². The summed E-state index contributed by atoms with van der Waals surface area (Å²) >= 11 is 6.03. The Bertz CT molecular complexity index is 974. The van der Waals surface area contributed by atoms with Crippen LogP contribution in [0.1, 0.15) is 17.0 Å². The van der Waals surface area contributed by atoms with Gasteiger partial charge in [-0.2, -0.15) is 10.4 Å². The van der Waals surface area contributed by atoms with Gasteiger partial charge in [0, 0.05) is 17.5 Å². The predicted octanol–water partition coefficient (Wildman–Crippen LogP) is 3.96. The third-order valence-corrected chi connectivity index (χ3v) is 4.27. The van der Waals surface area contributed by atoms with Crippen molar-refractivity contribution in [3.05, 3.63) is 46.2 Å². The molecule has 25 heavy (non-hydrogen) atoms. The van der Waals surface area contributed by atoms with Gasteiger partial charge in [-0.25, -0.2) is 4.98 Å². The molecule has 2 aromatic heterocycles. The summed E-state index contributed by atoms with van der Waals surface area (Å²) in [5, 5.41) is 18.6. The van der Waals surface area contributed by atoms with Crippen LogP contribution in [0.2, 0.25) is 5.02 Å². The fourth-order valence-corrected chi connectivity index (χ4v) is 2.93. The van der Waals surface area contributed by atoms with E-state index in [1.165, 1.54) is 0 Å². The molecule has 3 aromatic rings. The van der Waals surface area contributed by atoms with Crippen molar-refractivity contribution in [3.63, 3.8) is 0 Å². The fraction of sp³-hybridized carbons (Fsp3) is 0.278. The fourth-order valence-electron chi connectivity index (χ4n) is 2.76. The highest BCUT2D eigenvalue weighted by Gasteiger charge is 2.13. The predicted molar refractivity (Wildman–Crippen MR) is 98.3 cm³/mol. The number of aryl methyl sites for hydroxylation is 1. The first kappa shape index (κ1) is 17.2. The van der Waals surface area contributed by atoms with E-state index >= 15 is 0 Å². The average Bonchev–Trinajstić information content (AvgIpc) is 2.87. The Morgan fingerprint density at radius 2 is 2.12 bits per heavy atom. The van der Waals surface area contributed by atoms with Crippen molar-refractivity contribution in [2.24, 2.45) is 0 Å². The van der Waals surface area contributed by atoms with Crippen LogP contribution in [0.5, 0.6) is 0 Å². The third-order valence-electron chi connectivity index (χ3n) is 4.03. The highest BCUT2D eigenvalue weighted by Crippen LogP contribution is 2.27. The van der Waals surface area contributed by atoms with Gasteiger partial charge in [0.15, 0.2) is 0 Å². The second kappa shape index (κ2) is 7.09. The number of pyridine rings is 1. The van der Waals surface area contributed by atoms with Crippen LogP contribution < -0.4 is 5.32 Å². The zero-order chi connectivity index (χ0) is 18.0. The number of anilines is 2. The summed E-state index contributed by atoms with van der Waals surface area (Å²) in [6.07, 6.45) is 0. The van der Waals surface area contributed by atoms with Gasteiger partial charge in [0.2, 0.25) is 0 Å². The number of hydrogen-bond donors (Lipinski definition) is 1. The Kier molecular flexibility index (Phi) is 4.88. The van der Waals surface area contributed by atoms with Gasteiger partial charge >= 0.3 is 0 Å². The minimum Gasteiger partial charge on any atom is -0.383 e. The summed E-state index contributed by atoms with van der Waals surface area (Å²) in [4.78, 5) is 4.59. The van der Waals surface area contributed by atoms with Crippen LogP contribution in [-0.2, 0) is 11.3 Å². The normalized spacial score (nSPS) is 10.8. The van der Waals surface area contributed by atoms with Gasteiger partial charge in [-0.05, 0) is 38.1 Å². The molecule has 0 bridgehead atoms. The van der Waals surface area contributed by atoms with Crippen molar-refractivity contribution in [1.82, 2.24) is 14.8 Å². The number of aromatic nitrogens is 3. The molecule has 3 rings (SSSR count). The molecule has 0 aliphatic carbocycles. The van der Waals surface area contributed by atoms with Gasteiger partial charge in [0.05, 0.1) is 47.4 Å². The zero-order valence-electron chi connectivity index (χ0n) is 14.3. The first-order valence-electron chi connectivity index (χ1n) is 7.84. The molecule has 0 atom stereocenters. The highest BCUT2D eigenvalue weighted by atomic mass is 35.5. The molecular weight excluding hydrogens is 338 g/mol. The van der Waals surface area contributed by atoms with Gasteiger partial charge in [-0.1, -0.05) is 11.6 Å². The van der Waals surface area contributed by atoms with E-state index in [1.54, 1.807) is 25.3 Å². The van der Waals surface area contributed by atoms with Crippen molar-refractivity contribution in [3.8, 4) is 6.07 Å². The third kappa shape index (κ3) is 3.43. The van der Waals surface area contributed by atoms with Gasteiger partial charge in [0.25, 0.3) is 0 Å². The number of ether oxygens (including phenoxy) is 1. The van der Waals surface area contributed by atoms with E-state index in [4.69, 9.17) is 16.3 Å². The second-order valence-electron chi connectivity index (χ2n) is 5.72. The van der Waals surface area contributed by atoms with Crippen LogP contribution in [0.3, 0.4) is 0 Å². The topological polar surface area (TPSA) is 75.8 Å². The molecule has 6 nitrogen and oxygen atoms in total. The summed E-state index contributed by atoms with van der Waals surface area (Å²) in [5.74, 6) is 0.601. The number of fused-ring (bicyclic) bond motifs is 1. The SMILES string of the molecule is COCCn1nc(C)c(Nc2cc(C#N)c3cc(Cl)ccc3n2)c1C. The number of nitriles is 1. The molecule has 7 heteroatoms. The van der Waals surface area contributed by atoms with Gasteiger partial charge in [-0.3, -0.25) is 4.68 Å². The number of nitrogens with zero attached hydrogens (tertiary/aromatic N) is 4. The van der Waals surface area contributed by atoms with Crippen LogP contribution >= 0.6 is 11.6 Å². The van der Waals surface area contributed by atoms with Gasteiger partial charge in [0.1, 0.15) is 5.82 Å². The number of methoxy groups -OCH3 is 1. The lowest BCUT2D eigenvalue weighted by Crippen LogP contribution is -2.07. The first-order chi connectivity index (χ1) is 12.0. The number of hydrogen-bond acceptors (Lipinski definition) is 5. The molecule has 0 saturated carbocycles. The van der Waals surface area contributed by atoms with Crippen LogP contribution in [0.4, 0.5) is 11.5 Å². The van der Waals surface area contributed by atoms with Crippen molar-refractivity contribution in [2.75, 3.05) is 19.0 Å². The zero-order valence-corrected chi connectivity index (χ0v) is 15.1. The minimum absolute atomic E-state index is 0.525. The molecule has 0 radical (unpaired) electrons. The Labute approximate surface area is 151 Å². The highest BCUT2D eigenvalue weighted by molar-refractivity contribution is 6.31. The molecule has 0 unspecified atom stereocenters.